The van der Waals surface area contributed by atoms with E-state index in [1.807, 2.05) is 18.2 Å². The van der Waals surface area contributed by atoms with E-state index in [9.17, 15) is 4.79 Å². The number of carbonyl (C=O) groups excluding carboxylic acids is 1. The van der Waals surface area contributed by atoms with Crippen LogP contribution in [-0.4, -0.2) is 50.8 Å². The van der Waals surface area contributed by atoms with Crippen LogP contribution in [-0.2, 0) is 6.54 Å². The molecule has 0 spiro atoms. The molecule has 2 rings (SSSR count). The lowest BCUT2D eigenvalue weighted by Gasteiger charge is -2.34. The molecule has 1 unspecified atom stereocenters. The predicted octanol–water partition coefficient (Wildman–Crippen LogP) is 2.62. The summed E-state index contributed by atoms with van der Waals surface area (Å²) in [5.74, 6) is 2.16. The summed E-state index contributed by atoms with van der Waals surface area (Å²) in [6.45, 7) is 7.83. The Hall–Kier alpha value is -1.95. The first-order chi connectivity index (χ1) is 12.0. The van der Waals surface area contributed by atoms with Gasteiger partial charge in [0.15, 0.2) is 11.5 Å². The fourth-order valence-electron chi connectivity index (χ4n) is 3.07. The van der Waals surface area contributed by atoms with Gasteiger partial charge in [-0.05, 0) is 56.5 Å². The van der Waals surface area contributed by atoms with Gasteiger partial charge in [-0.25, -0.2) is 4.79 Å². The van der Waals surface area contributed by atoms with Crippen LogP contribution in [0.15, 0.2) is 18.2 Å². The highest BCUT2D eigenvalue weighted by molar-refractivity contribution is 5.73. The summed E-state index contributed by atoms with van der Waals surface area (Å²) in [4.78, 5) is 14.5. The lowest BCUT2D eigenvalue weighted by atomic mass is 9.98. The highest BCUT2D eigenvalue weighted by atomic mass is 16.5. The molecule has 2 amide bonds. The van der Waals surface area contributed by atoms with Gasteiger partial charge in [0.25, 0.3) is 0 Å². The fourth-order valence-corrected chi connectivity index (χ4v) is 3.07. The second kappa shape index (κ2) is 9.51. The Kier molecular flexibility index (Phi) is 7.37. The van der Waals surface area contributed by atoms with Crippen LogP contribution in [0.2, 0.25) is 0 Å². The quantitative estimate of drug-likeness (QED) is 0.794. The summed E-state index contributed by atoms with van der Waals surface area (Å²) in [7, 11) is 3.21. The van der Waals surface area contributed by atoms with Gasteiger partial charge in [0.05, 0.1) is 14.2 Å². The molecule has 2 N–H and O–H groups in total. The number of nitrogens with zero attached hydrogens (tertiary/aromatic N) is 1. The molecule has 1 atom stereocenters. The predicted molar refractivity (Wildman–Crippen MR) is 99.2 cm³/mol. The Morgan fingerprint density at radius 1 is 1.20 bits per heavy atom. The number of nitrogens with one attached hydrogen (secondary N) is 2. The third kappa shape index (κ3) is 5.81. The van der Waals surface area contributed by atoms with Crippen molar-refractivity contribution in [3.05, 3.63) is 23.8 Å². The van der Waals surface area contributed by atoms with E-state index >= 15 is 0 Å². The molecule has 25 heavy (non-hydrogen) atoms. The van der Waals surface area contributed by atoms with Gasteiger partial charge in [-0.1, -0.05) is 13.0 Å². The van der Waals surface area contributed by atoms with Crippen molar-refractivity contribution < 1.29 is 14.3 Å². The highest BCUT2D eigenvalue weighted by Crippen LogP contribution is 2.27. The van der Waals surface area contributed by atoms with Crippen LogP contribution in [0.4, 0.5) is 4.79 Å². The second-order valence-electron chi connectivity index (χ2n) is 6.82. The van der Waals surface area contributed by atoms with Crippen LogP contribution >= 0.6 is 0 Å². The Morgan fingerprint density at radius 3 is 2.52 bits per heavy atom. The molecule has 1 fully saturated rings. The molecule has 1 aromatic rings. The topological polar surface area (TPSA) is 62.8 Å². The zero-order valence-electron chi connectivity index (χ0n) is 15.8. The number of carbonyl (C=O) groups is 1. The number of urea groups is 1. The molecule has 0 radical (unpaired) electrons. The van der Waals surface area contributed by atoms with Crippen molar-refractivity contribution >= 4 is 6.03 Å². The van der Waals surface area contributed by atoms with Crippen molar-refractivity contribution in [2.75, 3.05) is 33.9 Å². The highest BCUT2D eigenvalue weighted by Gasteiger charge is 2.20. The van der Waals surface area contributed by atoms with E-state index in [1.165, 1.54) is 12.8 Å². The lowest BCUT2D eigenvalue weighted by Crippen LogP contribution is -2.47. The van der Waals surface area contributed by atoms with Gasteiger partial charge in [0.2, 0.25) is 0 Å². The first-order valence-electron chi connectivity index (χ1n) is 9.00. The Bertz CT molecular complexity index is 557. The summed E-state index contributed by atoms with van der Waals surface area (Å²) in [6, 6.07) is 5.84. The maximum absolute atomic E-state index is 12.0. The van der Waals surface area contributed by atoms with Gasteiger partial charge in [0, 0.05) is 19.1 Å². The van der Waals surface area contributed by atoms with Gasteiger partial charge in [-0.15, -0.1) is 0 Å². The summed E-state index contributed by atoms with van der Waals surface area (Å²) >= 11 is 0. The van der Waals surface area contributed by atoms with Gasteiger partial charge in [-0.3, -0.25) is 4.90 Å². The number of methoxy groups -OCH3 is 2. The molecule has 0 aliphatic carbocycles. The minimum atomic E-state index is -0.146. The van der Waals surface area contributed by atoms with Crippen LogP contribution in [0, 0.1) is 5.92 Å². The molecule has 0 aromatic heterocycles. The van der Waals surface area contributed by atoms with E-state index in [2.05, 4.69) is 29.4 Å². The van der Waals surface area contributed by atoms with Crippen molar-refractivity contribution in [1.29, 1.82) is 0 Å². The summed E-state index contributed by atoms with van der Waals surface area (Å²) < 4.78 is 10.5. The van der Waals surface area contributed by atoms with E-state index in [0.717, 1.165) is 24.6 Å². The van der Waals surface area contributed by atoms with E-state index in [-0.39, 0.29) is 6.03 Å². The number of piperidine rings is 1. The van der Waals surface area contributed by atoms with E-state index in [0.29, 0.717) is 30.6 Å². The molecule has 0 saturated carbocycles. The van der Waals surface area contributed by atoms with Crippen molar-refractivity contribution in [2.24, 2.45) is 5.92 Å². The largest absolute Gasteiger partial charge is 0.493 e. The van der Waals surface area contributed by atoms with Crippen molar-refractivity contribution in [3.8, 4) is 11.5 Å². The SMILES string of the molecule is COc1ccc(CNC(=O)NCC(C)N2CCC(C)CC2)cc1OC. The smallest absolute Gasteiger partial charge is 0.315 e. The average molecular weight is 349 g/mol. The van der Waals surface area contributed by atoms with Crippen molar-refractivity contribution in [1.82, 2.24) is 15.5 Å². The number of benzene rings is 1. The number of likely N-dealkylation sites (tertiary alicyclic amines) is 1. The monoisotopic (exact) mass is 349 g/mol. The fraction of sp³-hybridized carbons (Fsp3) is 0.632. The van der Waals surface area contributed by atoms with Crippen LogP contribution < -0.4 is 20.1 Å². The Morgan fingerprint density at radius 2 is 1.88 bits per heavy atom. The van der Waals surface area contributed by atoms with Gasteiger partial charge >= 0.3 is 6.03 Å². The molecule has 1 saturated heterocycles. The zero-order chi connectivity index (χ0) is 18.2. The molecular formula is C19H31N3O3. The molecule has 0 bridgehead atoms. The molecular weight excluding hydrogens is 318 g/mol. The molecule has 140 valence electrons. The molecule has 1 aliphatic rings. The number of amides is 2. The summed E-state index contributed by atoms with van der Waals surface area (Å²) in [5, 5.41) is 5.85. The van der Waals surface area contributed by atoms with Crippen molar-refractivity contribution in [3.63, 3.8) is 0 Å². The molecule has 1 aliphatic heterocycles. The molecule has 6 nitrogen and oxygen atoms in total. The standard InChI is InChI=1S/C19H31N3O3/c1-14-7-9-22(10-8-14)15(2)12-20-19(23)21-13-16-5-6-17(24-3)18(11-16)25-4/h5-6,11,14-15H,7-10,12-13H2,1-4H3,(H2,20,21,23). The van der Waals surface area contributed by atoms with Gasteiger partial charge in [0.1, 0.15) is 0 Å². The number of rotatable bonds is 7. The van der Waals surface area contributed by atoms with Crippen LogP contribution in [0.1, 0.15) is 32.3 Å². The Labute approximate surface area is 150 Å². The maximum atomic E-state index is 12.0. The number of ether oxygens (including phenoxy) is 2. The molecule has 1 aromatic carbocycles. The lowest BCUT2D eigenvalue weighted by molar-refractivity contribution is 0.145. The first kappa shape index (κ1) is 19.4. The van der Waals surface area contributed by atoms with Gasteiger partial charge < -0.3 is 20.1 Å². The molecule has 1 heterocycles. The van der Waals surface area contributed by atoms with Crippen LogP contribution in [0.3, 0.4) is 0 Å². The Balaban J connectivity index is 1.73. The van der Waals surface area contributed by atoms with E-state index in [1.54, 1.807) is 14.2 Å². The van der Waals surface area contributed by atoms with Gasteiger partial charge in [-0.2, -0.15) is 0 Å². The zero-order valence-corrected chi connectivity index (χ0v) is 15.8. The third-order valence-electron chi connectivity index (χ3n) is 4.90. The maximum Gasteiger partial charge on any atom is 0.315 e. The van der Waals surface area contributed by atoms with E-state index < -0.39 is 0 Å². The summed E-state index contributed by atoms with van der Waals surface area (Å²) in [5.41, 5.74) is 0.964. The number of hydrogen-bond donors (Lipinski definition) is 2. The second-order valence-corrected chi connectivity index (χ2v) is 6.82. The first-order valence-corrected chi connectivity index (χ1v) is 9.00. The minimum absolute atomic E-state index is 0.146. The molecule has 6 heteroatoms. The minimum Gasteiger partial charge on any atom is -0.493 e. The van der Waals surface area contributed by atoms with Crippen molar-refractivity contribution in [2.45, 2.75) is 39.3 Å². The third-order valence-corrected chi connectivity index (χ3v) is 4.90. The van der Waals surface area contributed by atoms with Crippen LogP contribution in [0.5, 0.6) is 11.5 Å². The number of hydrogen-bond acceptors (Lipinski definition) is 4. The summed E-state index contributed by atoms with van der Waals surface area (Å²) in [6.07, 6.45) is 2.49. The van der Waals surface area contributed by atoms with Crippen LogP contribution in [0.25, 0.3) is 0 Å². The van der Waals surface area contributed by atoms with E-state index in [4.69, 9.17) is 9.47 Å². The average Bonchev–Trinajstić information content (AvgIpc) is 2.64. The normalized spacial score (nSPS) is 17.0.